The van der Waals surface area contributed by atoms with Crippen LogP contribution < -0.4 is 5.73 Å². The third-order valence-electron chi connectivity index (χ3n) is 2.47. The molecule has 1 unspecified atom stereocenters. The van der Waals surface area contributed by atoms with Gasteiger partial charge in [-0.25, -0.2) is 4.39 Å². The molecule has 19 heavy (non-hydrogen) atoms. The van der Waals surface area contributed by atoms with Gasteiger partial charge in [-0.15, -0.1) is 0 Å². The standard InChI is InChI=1S/C11H14FN3O4/c1-6(16)5-14(2)11(17)9-7(12)3-4-8(10(9)13)15(18)19/h3-4,6,16H,5,13H2,1-2H3. The first-order chi connectivity index (χ1) is 8.75. The quantitative estimate of drug-likeness (QED) is 0.477. The lowest BCUT2D eigenvalue weighted by molar-refractivity contribution is -0.384. The average Bonchev–Trinajstić information content (AvgIpc) is 2.27. The molecule has 0 aliphatic heterocycles. The van der Waals surface area contributed by atoms with Crippen LogP contribution in [0.3, 0.4) is 0 Å². The fourth-order valence-electron chi connectivity index (χ4n) is 1.63. The fraction of sp³-hybridized carbons (Fsp3) is 0.364. The van der Waals surface area contributed by atoms with Gasteiger partial charge in [0.2, 0.25) is 0 Å². The molecule has 3 N–H and O–H groups in total. The van der Waals surface area contributed by atoms with E-state index in [1.807, 2.05) is 0 Å². The molecule has 7 nitrogen and oxygen atoms in total. The zero-order valence-corrected chi connectivity index (χ0v) is 10.5. The second-order valence-corrected chi connectivity index (χ2v) is 4.15. The number of nitrogens with two attached hydrogens (primary N) is 1. The van der Waals surface area contributed by atoms with Crippen molar-refractivity contribution in [2.24, 2.45) is 0 Å². The Morgan fingerprint density at radius 3 is 2.68 bits per heavy atom. The molecule has 0 spiro atoms. The fourth-order valence-corrected chi connectivity index (χ4v) is 1.63. The number of rotatable bonds is 4. The van der Waals surface area contributed by atoms with Gasteiger partial charge in [-0.1, -0.05) is 0 Å². The molecule has 1 atom stereocenters. The zero-order chi connectivity index (χ0) is 14.7. The van der Waals surface area contributed by atoms with Crippen LogP contribution in [0.5, 0.6) is 0 Å². The van der Waals surface area contributed by atoms with Crippen LogP contribution in [0.4, 0.5) is 15.8 Å². The van der Waals surface area contributed by atoms with E-state index in [0.29, 0.717) is 0 Å². The zero-order valence-electron chi connectivity index (χ0n) is 10.5. The summed E-state index contributed by atoms with van der Waals surface area (Å²) in [5.41, 5.74) is 3.85. The Hall–Kier alpha value is -2.22. The minimum atomic E-state index is -0.939. The molecule has 8 heteroatoms. The Morgan fingerprint density at radius 1 is 1.63 bits per heavy atom. The van der Waals surface area contributed by atoms with Crippen molar-refractivity contribution in [1.82, 2.24) is 4.90 Å². The van der Waals surface area contributed by atoms with Crippen LogP contribution in [0.1, 0.15) is 17.3 Å². The maximum absolute atomic E-state index is 13.6. The predicted octanol–water partition coefficient (Wildman–Crippen LogP) is 0.769. The largest absolute Gasteiger partial charge is 0.392 e. The van der Waals surface area contributed by atoms with E-state index < -0.39 is 39.7 Å². The molecule has 0 aromatic heterocycles. The van der Waals surface area contributed by atoms with Crippen molar-refractivity contribution in [3.63, 3.8) is 0 Å². The third-order valence-corrected chi connectivity index (χ3v) is 2.47. The molecule has 0 aliphatic carbocycles. The van der Waals surface area contributed by atoms with E-state index in [9.17, 15) is 24.4 Å². The number of carbonyl (C=O) groups excluding carboxylic acids is 1. The molecule has 1 aromatic rings. The summed E-state index contributed by atoms with van der Waals surface area (Å²) in [6.45, 7) is 1.41. The summed E-state index contributed by atoms with van der Waals surface area (Å²) in [6.07, 6.45) is -0.808. The number of aliphatic hydroxyl groups is 1. The first-order valence-electron chi connectivity index (χ1n) is 5.41. The van der Waals surface area contributed by atoms with Gasteiger partial charge in [-0.3, -0.25) is 14.9 Å². The molecular weight excluding hydrogens is 257 g/mol. The van der Waals surface area contributed by atoms with Crippen molar-refractivity contribution in [3.05, 3.63) is 33.6 Å². The van der Waals surface area contributed by atoms with Crippen molar-refractivity contribution in [2.45, 2.75) is 13.0 Å². The number of hydrogen-bond acceptors (Lipinski definition) is 5. The molecule has 0 saturated heterocycles. The molecule has 1 amide bonds. The number of anilines is 1. The molecule has 104 valence electrons. The number of amides is 1. The second kappa shape index (κ2) is 5.61. The summed E-state index contributed by atoms with van der Waals surface area (Å²) in [4.78, 5) is 22.9. The number of nitro groups is 1. The Morgan fingerprint density at radius 2 is 2.21 bits per heavy atom. The Labute approximate surface area is 108 Å². The number of hydrogen-bond donors (Lipinski definition) is 2. The molecule has 0 aliphatic rings. The van der Waals surface area contributed by atoms with E-state index in [1.165, 1.54) is 14.0 Å². The molecule has 1 aromatic carbocycles. The van der Waals surface area contributed by atoms with Crippen LogP contribution in [-0.4, -0.2) is 40.5 Å². The summed E-state index contributed by atoms with van der Waals surface area (Å²) in [7, 11) is 1.34. The summed E-state index contributed by atoms with van der Waals surface area (Å²) < 4.78 is 13.6. The highest BCUT2D eigenvalue weighted by Gasteiger charge is 2.26. The van der Waals surface area contributed by atoms with E-state index in [-0.39, 0.29) is 6.54 Å². The van der Waals surface area contributed by atoms with E-state index >= 15 is 0 Å². The van der Waals surface area contributed by atoms with E-state index in [1.54, 1.807) is 0 Å². The summed E-state index contributed by atoms with van der Waals surface area (Å²) >= 11 is 0. The number of aliphatic hydroxyl groups excluding tert-OH is 1. The number of nitro benzene ring substituents is 1. The molecule has 0 bridgehead atoms. The Kier molecular flexibility index (Phi) is 4.38. The van der Waals surface area contributed by atoms with E-state index in [4.69, 9.17) is 5.73 Å². The smallest absolute Gasteiger partial charge is 0.293 e. The van der Waals surface area contributed by atoms with Crippen molar-refractivity contribution in [1.29, 1.82) is 0 Å². The number of nitrogens with zero attached hydrogens (tertiary/aromatic N) is 2. The van der Waals surface area contributed by atoms with Gasteiger partial charge in [-0.2, -0.15) is 0 Å². The highest BCUT2D eigenvalue weighted by atomic mass is 19.1. The second-order valence-electron chi connectivity index (χ2n) is 4.15. The molecular formula is C11H14FN3O4. The average molecular weight is 271 g/mol. The SMILES string of the molecule is CC(O)CN(C)C(=O)c1c(F)ccc([N+](=O)[O-])c1N. The highest BCUT2D eigenvalue weighted by Crippen LogP contribution is 2.28. The number of nitrogen functional groups attached to an aromatic ring is 1. The van der Waals surface area contributed by atoms with Gasteiger partial charge in [0.15, 0.2) is 0 Å². The van der Waals surface area contributed by atoms with Crippen LogP contribution in [0.25, 0.3) is 0 Å². The number of benzene rings is 1. The van der Waals surface area contributed by atoms with Crippen LogP contribution in [0, 0.1) is 15.9 Å². The van der Waals surface area contributed by atoms with Crippen LogP contribution in [0.2, 0.25) is 0 Å². The first-order valence-corrected chi connectivity index (χ1v) is 5.41. The Balaban J connectivity index is 3.22. The Bertz CT molecular complexity index is 519. The van der Waals surface area contributed by atoms with E-state index in [0.717, 1.165) is 17.0 Å². The van der Waals surface area contributed by atoms with Crippen LogP contribution >= 0.6 is 0 Å². The van der Waals surface area contributed by atoms with Crippen molar-refractivity contribution in [2.75, 3.05) is 19.3 Å². The van der Waals surface area contributed by atoms with Gasteiger partial charge >= 0.3 is 0 Å². The number of carbonyl (C=O) groups is 1. The van der Waals surface area contributed by atoms with Gasteiger partial charge in [-0.05, 0) is 13.0 Å². The minimum absolute atomic E-state index is 0.0413. The van der Waals surface area contributed by atoms with Gasteiger partial charge in [0, 0.05) is 19.7 Å². The van der Waals surface area contributed by atoms with E-state index in [2.05, 4.69) is 0 Å². The maximum Gasteiger partial charge on any atom is 0.293 e. The lowest BCUT2D eigenvalue weighted by Crippen LogP contribution is -2.34. The summed E-state index contributed by atoms with van der Waals surface area (Å²) in [5.74, 6) is -1.76. The topological polar surface area (TPSA) is 110 Å². The maximum atomic E-state index is 13.6. The van der Waals surface area contributed by atoms with Crippen LogP contribution in [-0.2, 0) is 0 Å². The summed E-state index contributed by atoms with van der Waals surface area (Å²) in [5, 5.41) is 19.9. The van der Waals surface area contributed by atoms with Crippen molar-refractivity contribution >= 4 is 17.3 Å². The molecule has 0 saturated carbocycles. The van der Waals surface area contributed by atoms with Gasteiger partial charge in [0.05, 0.1) is 11.0 Å². The van der Waals surface area contributed by atoms with Gasteiger partial charge < -0.3 is 15.7 Å². The molecule has 1 rings (SSSR count). The van der Waals surface area contributed by atoms with Gasteiger partial charge in [0.25, 0.3) is 11.6 Å². The minimum Gasteiger partial charge on any atom is -0.392 e. The molecule has 0 fully saturated rings. The lowest BCUT2D eigenvalue weighted by atomic mass is 10.1. The lowest BCUT2D eigenvalue weighted by Gasteiger charge is -2.19. The number of likely N-dealkylation sites (N-methyl/N-ethyl adjacent to an activating group) is 1. The number of halogens is 1. The first kappa shape index (κ1) is 14.8. The van der Waals surface area contributed by atoms with Crippen LogP contribution in [0.15, 0.2) is 12.1 Å². The van der Waals surface area contributed by atoms with Crippen molar-refractivity contribution in [3.8, 4) is 0 Å². The monoisotopic (exact) mass is 271 g/mol. The third kappa shape index (κ3) is 3.16. The summed E-state index contributed by atoms with van der Waals surface area (Å²) in [6, 6.07) is 1.72. The highest BCUT2D eigenvalue weighted by molar-refractivity contribution is 6.01. The van der Waals surface area contributed by atoms with Crippen molar-refractivity contribution < 1.29 is 19.2 Å². The molecule has 0 radical (unpaired) electrons. The molecule has 0 heterocycles. The normalized spacial score (nSPS) is 12.0. The predicted molar refractivity (Wildman–Crippen MR) is 66.1 cm³/mol. The van der Waals surface area contributed by atoms with Gasteiger partial charge in [0.1, 0.15) is 17.1 Å².